The van der Waals surface area contributed by atoms with Crippen LogP contribution in [0.4, 0.5) is 10.5 Å². The molecule has 10 heteroatoms. The fraction of sp³-hybridized carbons (Fsp3) is 0.421. The first kappa shape index (κ1) is 22.6. The molecule has 2 rings (SSSR count). The van der Waals surface area contributed by atoms with Gasteiger partial charge in [0, 0.05) is 38.2 Å². The maximum absolute atomic E-state index is 12.3. The Balaban J connectivity index is 1.79. The van der Waals surface area contributed by atoms with E-state index in [-0.39, 0.29) is 23.4 Å². The maximum atomic E-state index is 12.3. The van der Waals surface area contributed by atoms with Gasteiger partial charge >= 0.3 is 6.03 Å². The van der Waals surface area contributed by atoms with Crippen molar-refractivity contribution >= 4 is 21.7 Å². The number of nitrogens with zero attached hydrogens (tertiary/aromatic N) is 3. The molecule has 9 nitrogen and oxygen atoms in total. The number of urea groups is 1. The highest BCUT2D eigenvalue weighted by Gasteiger charge is 2.19. The number of hydrogen-bond donors (Lipinski definition) is 2. The molecule has 0 aliphatic rings. The summed E-state index contributed by atoms with van der Waals surface area (Å²) in [6, 6.07) is 5.61. The summed E-state index contributed by atoms with van der Waals surface area (Å²) in [7, 11) is -2.10. The number of amides is 2. The summed E-state index contributed by atoms with van der Waals surface area (Å²) in [5, 5.41) is 9.29. The van der Waals surface area contributed by atoms with Crippen LogP contribution in [0, 0.1) is 0 Å². The van der Waals surface area contributed by atoms with Crippen molar-refractivity contribution in [2.45, 2.75) is 37.5 Å². The molecule has 0 saturated heterocycles. The van der Waals surface area contributed by atoms with Crippen LogP contribution in [0.15, 0.2) is 46.3 Å². The highest BCUT2D eigenvalue weighted by Crippen LogP contribution is 2.17. The molecule has 158 valence electrons. The first-order valence-corrected chi connectivity index (χ1v) is 10.7. The lowest BCUT2D eigenvalue weighted by molar-refractivity contribution is 0.252. The Hall–Kier alpha value is -2.72. The van der Waals surface area contributed by atoms with E-state index in [0.717, 1.165) is 0 Å². The van der Waals surface area contributed by atoms with Crippen molar-refractivity contribution in [3.05, 3.63) is 48.6 Å². The maximum Gasteiger partial charge on any atom is 0.319 e. The van der Waals surface area contributed by atoms with Gasteiger partial charge in [0.15, 0.2) is 5.82 Å². The van der Waals surface area contributed by atoms with Gasteiger partial charge < -0.3 is 15.2 Å². The van der Waals surface area contributed by atoms with Gasteiger partial charge in [-0.2, -0.15) is 9.29 Å². The number of hydrogen-bond acceptors (Lipinski definition) is 6. The molecule has 1 aromatic heterocycles. The minimum Gasteiger partial charge on any atom is -0.339 e. The van der Waals surface area contributed by atoms with Crippen LogP contribution < -0.4 is 10.6 Å². The summed E-state index contributed by atoms with van der Waals surface area (Å²) < 4.78 is 31.0. The lowest BCUT2D eigenvalue weighted by Crippen LogP contribution is -2.30. The monoisotopic (exact) mass is 421 g/mol. The number of carbonyl (C=O) groups is 1. The minimum atomic E-state index is -3.58. The van der Waals surface area contributed by atoms with Gasteiger partial charge in [0.05, 0.1) is 4.90 Å². The fourth-order valence-electron chi connectivity index (χ4n) is 2.39. The summed E-state index contributed by atoms with van der Waals surface area (Å²) in [6.07, 6.45) is 2.74. The lowest BCUT2D eigenvalue weighted by atomic mass is 10.2. The molecule has 0 unspecified atom stereocenters. The van der Waals surface area contributed by atoms with Crippen LogP contribution in [0.5, 0.6) is 0 Å². The molecule has 1 aromatic carbocycles. The van der Waals surface area contributed by atoms with E-state index >= 15 is 0 Å². The second kappa shape index (κ2) is 10.2. The summed E-state index contributed by atoms with van der Waals surface area (Å²) in [6.45, 7) is 8.16. The molecule has 0 saturated carbocycles. The number of aromatic nitrogens is 2. The summed E-state index contributed by atoms with van der Waals surface area (Å²) >= 11 is 0. The summed E-state index contributed by atoms with van der Waals surface area (Å²) in [4.78, 5) is 16.4. The van der Waals surface area contributed by atoms with Crippen molar-refractivity contribution < 1.29 is 17.7 Å². The quantitative estimate of drug-likeness (QED) is 0.450. The van der Waals surface area contributed by atoms with Crippen LogP contribution in [0.3, 0.4) is 0 Å². The van der Waals surface area contributed by atoms with E-state index in [0.29, 0.717) is 36.8 Å². The van der Waals surface area contributed by atoms with Gasteiger partial charge in [-0.25, -0.2) is 13.2 Å². The number of anilines is 1. The Morgan fingerprint density at radius 1 is 1.31 bits per heavy atom. The van der Waals surface area contributed by atoms with E-state index < -0.39 is 10.0 Å². The van der Waals surface area contributed by atoms with Crippen molar-refractivity contribution in [2.24, 2.45) is 0 Å². The van der Waals surface area contributed by atoms with Gasteiger partial charge in [0.2, 0.25) is 15.9 Å². The molecule has 0 aliphatic carbocycles. The van der Waals surface area contributed by atoms with Gasteiger partial charge in [0.1, 0.15) is 0 Å². The van der Waals surface area contributed by atoms with Crippen molar-refractivity contribution in [1.29, 1.82) is 0 Å². The molecule has 2 amide bonds. The molecule has 0 atom stereocenters. The number of carbonyl (C=O) groups excluding carboxylic acids is 1. The van der Waals surface area contributed by atoms with E-state index in [4.69, 9.17) is 4.52 Å². The normalized spacial score (nSPS) is 11.6. The van der Waals surface area contributed by atoms with Gasteiger partial charge in [0.25, 0.3) is 0 Å². The number of nitrogens with one attached hydrogen (secondary N) is 2. The number of likely N-dealkylation sites (N-methyl/N-ethyl adjacent to an activating group) is 1. The number of aryl methyl sites for hydroxylation is 1. The molecule has 2 aromatic rings. The SMILES string of the molecule is C=CCN(C)S(=O)(=O)c1ccc(NC(=O)NCCCc2nc(C(C)C)no2)cc1. The van der Waals surface area contributed by atoms with Crippen LogP contribution >= 0.6 is 0 Å². The summed E-state index contributed by atoms with van der Waals surface area (Å²) in [5.74, 6) is 1.43. The van der Waals surface area contributed by atoms with Crippen LogP contribution in [0.2, 0.25) is 0 Å². The minimum absolute atomic E-state index is 0.146. The molecule has 2 N–H and O–H groups in total. The number of benzene rings is 1. The third-order valence-corrected chi connectivity index (χ3v) is 5.90. The second-order valence-corrected chi connectivity index (χ2v) is 8.83. The Bertz CT molecular complexity index is 922. The zero-order valence-electron chi connectivity index (χ0n) is 16.9. The van der Waals surface area contributed by atoms with Gasteiger partial charge in [-0.15, -0.1) is 6.58 Å². The number of rotatable bonds is 10. The van der Waals surface area contributed by atoms with Gasteiger partial charge in [-0.3, -0.25) is 0 Å². The van der Waals surface area contributed by atoms with E-state index in [1.54, 1.807) is 12.1 Å². The first-order valence-electron chi connectivity index (χ1n) is 9.28. The molecule has 0 aliphatic heterocycles. The van der Waals surface area contributed by atoms with E-state index in [1.165, 1.54) is 29.6 Å². The zero-order valence-corrected chi connectivity index (χ0v) is 17.7. The Kier molecular flexibility index (Phi) is 7.91. The molecular formula is C19H27N5O4S. The zero-order chi connectivity index (χ0) is 21.4. The molecule has 1 heterocycles. The average molecular weight is 422 g/mol. The molecule has 29 heavy (non-hydrogen) atoms. The van der Waals surface area contributed by atoms with Crippen molar-refractivity contribution in [1.82, 2.24) is 19.8 Å². The van der Waals surface area contributed by atoms with E-state index in [9.17, 15) is 13.2 Å². The lowest BCUT2D eigenvalue weighted by Gasteiger charge is -2.15. The highest BCUT2D eigenvalue weighted by molar-refractivity contribution is 7.89. The van der Waals surface area contributed by atoms with Crippen molar-refractivity contribution in [3.8, 4) is 0 Å². The van der Waals surface area contributed by atoms with Crippen molar-refractivity contribution in [2.75, 3.05) is 25.5 Å². The molecular weight excluding hydrogens is 394 g/mol. The second-order valence-electron chi connectivity index (χ2n) is 6.78. The van der Waals surface area contributed by atoms with Gasteiger partial charge in [-0.05, 0) is 30.7 Å². The summed E-state index contributed by atoms with van der Waals surface area (Å²) in [5.41, 5.74) is 0.492. The largest absolute Gasteiger partial charge is 0.339 e. The third kappa shape index (κ3) is 6.40. The standard InChI is InChI=1S/C19H27N5O4S/c1-5-13-24(4)29(26,27)16-10-8-15(9-11-16)21-19(25)20-12-6-7-17-22-18(14(2)3)23-28-17/h5,8-11,14H,1,6-7,12-13H2,2-4H3,(H2,20,21,25). The Morgan fingerprint density at radius 2 is 2.00 bits per heavy atom. The van der Waals surface area contributed by atoms with Gasteiger partial charge in [-0.1, -0.05) is 25.1 Å². The van der Waals surface area contributed by atoms with Crippen molar-refractivity contribution in [3.63, 3.8) is 0 Å². The number of sulfonamides is 1. The molecule has 0 bridgehead atoms. The van der Waals surface area contributed by atoms with Crippen LogP contribution in [-0.4, -0.2) is 49.0 Å². The first-order chi connectivity index (χ1) is 13.7. The third-order valence-electron chi connectivity index (χ3n) is 4.06. The van der Waals surface area contributed by atoms with E-state index in [1.807, 2.05) is 13.8 Å². The Labute approximate surface area is 171 Å². The fourth-order valence-corrected chi connectivity index (χ4v) is 3.53. The average Bonchev–Trinajstić information content (AvgIpc) is 3.15. The topological polar surface area (TPSA) is 117 Å². The predicted octanol–water partition coefficient (Wildman–Crippen LogP) is 2.75. The Morgan fingerprint density at radius 3 is 2.59 bits per heavy atom. The molecule has 0 fully saturated rings. The molecule has 0 spiro atoms. The van der Waals surface area contributed by atoms with Crippen LogP contribution in [0.25, 0.3) is 0 Å². The highest BCUT2D eigenvalue weighted by atomic mass is 32.2. The smallest absolute Gasteiger partial charge is 0.319 e. The van der Waals surface area contributed by atoms with Crippen LogP contribution in [-0.2, 0) is 16.4 Å². The van der Waals surface area contributed by atoms with E-state index in [2.05, 4.69) is 27.4 Å². The predicted molar refractivity (Wildman–Crippen MR) is 110 cm³/mol. The van der Waals surface area contributed by atoms with Crippen LogP contribution in [0.1, 0.15) is 37.9 Å². The molecule has 0 radical (unpaired) electrons.